The maximum atomic E-state index is 13.8. The Morgan fingerprint density at radius 3 is 2.67 bits per heavy atom. The van der Waals surface area contributed by atoms with E-state index in [-0.39, 0.29) is 31.6 Å². The molecule has 30 heavy (non-hydrogen) atoms. The molecule has 0 aliphatic carbocycles. The van der Waals surface area contributed by atoms with Crippen LogP contribution in [0.3, 0.4) is 0 Å². The Bertz CT molecular complexity index is 800. The van der Waals surface area contributed by atoms with E-state index in [2.05, 4.69) is 0 Å². The second-order valence-electron chi connectivity index (χ2n) is 9.36. The largest absolute Gasteiger partial charge is 0.465 e. The number of amides is 2. The Morgan fingerprint density at radius 2 is 1.97 bits per heavy atom. The third kappa shape index (κ3) is 3.08. The molecule has 4 heterocycles. The Labute approximate surface area is 176 Å². The summed E-state index contributed by atoms with van der Waals surface area (Å²) in [7, 11) is 0. The van der Waals surface area contributed by atoms with Gasteiger partial charge in [0.25, 0.3) is 0 Å². The average Bonchev–Trinajstić information content (AvgIpc) is 3.03. The molecular formula is C22H30N2O6. The lowest BCUT2D eigenvalue weighted by molar-refractivity contribution is -0.155. The van der Waals surface area contributed by atoms with Crippen molar-refractivity contribution >= 4 is 17.8 Å². The van der Waals surface area contributed by atoms with E-state index in [1.54, 1.807) is 4.90 Å². The summed E-state index contributed by atoms with van der Waals surface area (Å²) in [5, 5.41) is 9.35. The van der Waals surface area contributed by atoms with Crippen LogP contribution in [0, 0.1) is 11.8 Å². The summed E-state index contributed by atoms with van der Waals surface area (Å²) in [5.74, 6) is -2.58. The smallest absolute Gasteiger partial charge is 0.312 e. The first-order valence-corrected chi connectivity index (χ1v) is 10.6. The highest BCUT2D eigenvalue weighted by molar-refractivity contribution is 5.99. The van der Waals surface area contributed by atoms with Gasteiger partial charge in [-0.15, -0.1) is 0 Å². The number of esters is 1. The summed E-state index contributed by atoms with van der Waals surface area (Å²) in [5.41, 5.74) is -1.68. The fraction of sp³-hybridized carbons (Fsp3) is 0.682. The van der Waals surface area contributed by atoms with Crippen molar-refractivity contribution in [3.63, 3.8) is 0 Å². The Balaban J connectivity index is 1.83. The Morgan fingerprint density at radius 1 is 1.20 bits per heavy atom. The standard InChI is InChI=1S/C22H30N2O6/c1-21(2,3)24-11-6-9-22-16(15-14(30-22)8-4-5-13-29-20(15)28)18(26)23(10-7-12-25)17(22)19(24)27/h4,6,8-9,14-17,25H,5,7,10-13H2,1-3H3/t14-,15?,16+,17-,22?/m1/s1. The van der Waals surface area contributed by atoms with E-state index in [0.717, 1.165) is 0 Å². The number of ether oxygens (including phenoxy) is 2. The fourth-order valence-electron chi connectivity index (χ4n) is 5.19. The van der Waals surface area contributed by atoms with Crippen LogP contribution in [-0.2, 0) is 23.9 Å². The highest BCUT2D eigenvalue weighted by atomic mass is 16.6. The first kappa shape index (κ1) is 21.1. The SMILES string of the molecule is CC(C)(C)N1CC=CC23O[C@@H]4C=CCCOC(=O)C4[C@H]2C(=O)N(CCCO)[C@@H]3C1=O. The van der Waals surface area contributed by atoms with Crippen molar-refractivity contribution in [1.29, 1.82) is 0 Å². The minimum Gasteiger partial charge on any atom is -0.465 e. The van der Waals surface area contributed by atoms with Crippen molar-refractivity contribution in [2.75, 3.05) is 26.3 Å². The number of nitrogens with zero attached hydrogens (tertiary/aromatic N) is 2. The Kier molecular flexibility index (Phi) is 5.26. The molecule has 4 aliphatic heterocycles. The number of carbonyl (C=O) groups excluding carboxylic acids is 3. The number of fused-ring (bicyclic) bond motifs is 2. The lowest BCUT2D eigenvalue weighted by Crippen LogP contribution is -2.58. The number of hydrogen-bond acceptors (Lipinski definition) is 6. The van der Waals surface area contributed by atoms with Crippen LogP contribution in [0.1, 0.15) is 33.6 Å². The first-order valence-electron chi connectivity index (χ1n) is 10.6. The highest BCUT2D eigenvalue weighted by Gasteiger charge is 2.71. The predicted molar refractivity (Wildman–Crippen MR) is 107 cm³/mol. The number of rotatable bonds is 3. The van der Waals surface area contributed by atoms with Gasteiger partial charge in [-0.1, -0.05) is 24.3 Å². The van der Waals surface area contributed by atoms with Gasteiger partial charge in [0.2, 0.25) is 11.8 Å². The van der Waals surface area contributed by atoms with Crippen LogP contribution < -0.4 is 0 Å². The predicted octanol–water partition coefficient (Wildman–Crippen LogP) is 0.650. The van der Waals surface area contributed by atoms with Gasteiger partial charge < -0.3 is 24.4 Å². The van der Waals surface area contributed by atoms with Crippen LogP contribution in [0.4, 0.5) is 0 Å². The lowest BCUT2D eigenvalue weighted by atomic mass is 9.77. The molecule has 164 valence electrons. The van der Waals surface area contributed by atoms with Crippen LogP contribution in [0.25, 0.3) is 0 Å². The molecule has 0 radical (unpaired) electrons. The molecule has 0 aromatic carbocycles. The van der Waals surface area contributed by atoms with E-state index in [9.17, 15) is 19.5 Å². The summed E-state index contributed by atoms with van der Waals surface area (Å²) in [6, 6.07) is -0.881. The molecule has 1 spiro atoms. The molecule has 4 rings (SSSR count). The van der Waals surface area contributed by atoms with Crippen molar-refractivity contribution in [3.8, 4) is 0 Å². The molecule has 0 aromatic heterocycles. The summed E-state index contributed by atoms with van der Waals surface area (Å²) >= 11 is 0. The molecule has 2 saturated heterocycles. The van der Waals surface area contributed by atoms with Crippen molar-refractivity contribution in [3.05, 3.63) is 24.3 Å². The third-order valence-corrected chi connectivity index (χ3v) is 6.49. The van der Waals surface area contributed by atoms with Crippen molar-refractivity contribution in [1.82, 2.24) is 9.80 Å². The maximum Gasteiger partial charge on any atom is 0.312 e. The lowest BCUT2D eigenvalue weighted by Gasteiger charge is -2.40. The van der Waals surface area contributed by atoms with Gasteiger partial charge in [0.05, 0.1) is 18.6 Å². The number of aliphatic hydroxyl groups excluding tert-OH is 1. The summed E-state index contributed by atoms with van der Waals surface area (Å²) in [6.45, 7) is 6.64. The normalized spacial score (nSPS) is 36.1. The molecule has 5 atom stereocenters. The fourth-order valence-corrected chi connectivity index (χ4v) is 5.19. The summed E-state index contributed by atoms with van der Waals surface area (Å²) < 4.78 is 11.8. The van der Waals surface area contributed by atoms with Crippen molar-refractivity contribution in [2.24, 2.45) is 11.8 Å². The molecule has 0 saturated carbocycles. The number of aliphatic hydroxyl groups is 1. The summed E-state index contributed by atoms with van der Waals surface area (Å²) in [4.78, 5) is 43.5. The van der Waals surface area contributed by atoms with E-state index in [1.807, 2.05) is 45.1 Å². The second-order valence-corrected chi connectivity index (χ2v) is 9.36. The van der Waals surface area contributed by atoms with Gasteiger partial charge >= 0.3 is 5.97 Å². The van der Waals surface area contributed by atoms with E-state index in [4.69, 9.17) is 9.47 Å². The number of carbonyl (C=O) groups is 3. The molecule has 2 amide bonds. The zero-order chi connectivity index (χ0) is 21.7. The van der Waals surface area contributed by atoms with Crippen molar-refractivity contribution in [2.45, 2.75) is 56.9 Å². The molecule has 2 fully saturated rings. The van der Waals surface area contributed by atoms with Crippen molar-refractivity contribution < 1.29 is 29.0 Å². The number of cyclic esters (lactones) is 1. The topological polar surface area (TPSA) is 96.4 Å². The van der Waals surface area contributed by atoms with Crippen LogP contribution in [0.5, 0.6) is 0 Å². The van der Waals surface area contributed by atoms with E-state index in [1.165, 1.54) is 4.90 Å². The Hall–Kier alpha value is -2.19. The molecular weight excluding hydrogens is 388 g/mol. The van der Waals surface area contributed by atoms with Gasteiger partial charge in [-0.2, -0.15) is 0 Å². The summed E-state index contributed by atoms with van der Waals surface area (Å²) in [6.07, 6.45) is 7.72. The molecule has 1 N–H and O–H groups in total. The molecule has 0 bridgehead atoms. The maximum absolute atomic E-state index is 13.8. The van der Waals surface area contributed by atoms with Gasteiger partial charge in [-0.25, -0.2) is 0 Å². The van der Waals surface area contributed by atoms with Crippen LogP contribution in [-0.4, -0.2) is 82.3 Å². The second kappa shape index (κ2) is 7.50. The number of hydrogen-bond donors (Lipinski definition) is 1. The van der Waals surface area contributed by atoms with Gasteiger partial charge in [0, 0.05) is 25.2 Å². The van der Waals surface area contributed by atoms with Crippen LogP contribution in [0.15, 0.2) is 24.3 Å². The quantitative estimate of drug-likeness (QED) is 0.534. The molecule has 8 heteroatoms. The van der Waals surface area contributed by atoms with Gasteiger partial charge in [-0.05, 0) is 33.6 Å². The van der Waals surface area contributed by atoms with E-state index >= 15 is 0 Å². The molecule has 0 aromatic rings. The van der Waals surface area contributed by atoms with E-state index < -0.39 is 41.1 Å². The molecule has 8 nitrogen and oxygen atoms in total. The van der Waals surface area contributed by atoms with Gasteiger partial charge in [-0.3, -0.25) is 14.4 Å². The third-order valence-electron chi connectivity index (χ3n) is 6.49. The van der Waals surface area contributed by atoms with E-state index in [0.29, 0.717) is 19.4 Å². The highest BCUT2D eigenvalue weighted by Crippen LogP contribution is 2.53. The molecule has 2 unspecified atom stereocenters. The molecule has 4 aliphatic rings. The monoisotopic (exact) mass is 418 g/mol. The van der Waals surface area contributed by atoms with Crippen LogP contribution in [0.2, 0.25) is 0 Å². The van der Waals surface area contributed by atoms with Gasteiger partial charge in [0.1, 0.15) is 17.6 Å². The average molecular weight is 418 g/mol. The zero-order valence-corrected chi connectivity index (χ0v) is 17.7. The zero-order valence-electron chi connectivity index (χ0n) is 17.7. The number of likely N-dealkylation sites (tertiary alicyclic amines) is 1. The first-order chi connectivity index (χ1) is 14.2. The van der Waals surface area contributed by atoms with Gasteiger partial charge in [0.15, 0.2) is 0 Å². The van der Waals surface area contributed by atoms with Crippen LogP contribution >= 0.6 is 0 Å². The minimum absolute atomic E-state index is 0.0983. The minimum atomic E-state index is -1.23.